The van der Waals surface area contributed by atoms with Crippen LogP contribution in [0.25, 0.3) is 0 Å². The number of hydrogen-bond donors (Lipinski definition) is 2. The molecule has 9 heteroatoms. The van der Waals surface area contributed by atoms with Crippen LogP contribution in [0.3, 0.4) is 0 Å². The summed E-state index contributed by atoms with van der Waals surface area (Å²) in [5.74, 6) is 2.48. The number of hydrogen-bond acceptors (Lipinski definition) is 5. The van der Waals surface area contributed by atoms with Crippen LogP contribution in [0.15, 0.2) is 34.4 Å². The van der Waals surface area contributed by atoms with Crippen LogP contribution < -0.4 is 15.4 Å². The molecular weight excluding hydrogens is 403 g/mol. The lowest BCUT2D eigenvalue weighted by molar-refractivity contribution is 0.223. The van der Waals surface area contributed by atoms with Crippen molar-refractivity contribution in [3.63, 3.8) is 0 Å². The Morgan fingerprint density at radius 2 is 2.07 bits per heavy atom. The van der Waals surface area contributed by atoms with E-state index in [-0.39, 0.29) is 11.9 Å². The molecule has 0 saturated heterocycles. The highest BCUT2D eigenvalue weighted by Gasteiger charge is 2.12. The maximum atomic E-state index is 13.3. The molecule has 0 aliphatic carbocycles. The fraction of sp³-hybridized carbons (Fsp3) is 0.571. The summed E-state index contributed by atoms with van der Waals surface area (Å²) >= 11 is 1.63. The summed E-state index contributed by atoms with van der Waals surface area (Å²) in [6.07, 6.45) is 3.66. The van der Waals surface area contributed by atoms with Gasteiger partial charge in [-0.25, -0.2) is 4.39 Å². The first-order valence-corrected chi connectivity index (χ1v) is 11.5. The van der Waals surface area contributed by atoms with Gasteiger partial charge in [0, 0.05) is 32.6 Å². The van der Waals surface area contributed by atoms with E-state index in [1.54, 1.807) is 30.9 Å². The molecule has 1 unspecified atom stereocenters. The average Bonchev–Trinajstić information content (AvgIpc) is 3.08. The molecule has 1 aromatic heterocycles. The van der Waals surface area contributed by atoms with Crippen LogP contribution in [0.4, 0.5) is 4.39 Å². The van der Waals surface area contributed by atoms with Crippen molar-refractivity contribution in [3.05, 3.63) is 35.9 Å². The van der Waals surface area contributed by atoms with Gasteiger partial charge in [-0.05, 0) is 37.7 Å². The molecule has 0 aliphatic heterocycles. The molecule has 166 valence electrons. The number of ether oxygens (including phenoxy) is 1. The fourth-order valence-corrected chi connectivity index (χ4v) is 3.45. The quantitative estimate of drug-likeness (QED) is 0.243. The lowest BCUT2D eigenvalue weighted by Crippen LogP contribution is -2.42. The van der Waals surface area contributed by atoms with E-state index in [0.717, 1.165) is 36.9 Å². The highest BCUT2D eigenvalue weighted by atomic mass is 32.2. The summed E-state index contributed by atoms with van der Waals surface area (Å²) in [4.78, 5) is 4.24. The maximum Gasteiger partial charge on any atom is 0.191 e. The third kappa shape index (κ3) is 7.85. The zero-order valence-electron chi connectivity index (χ0n) is 18.5. The number of aliphatic imine (C=N–C) groups is 1. The van der Waals surface area contributed by atoms with E-state index < -0.39 is 0 Å². The van der Waals surface area contributed by atoms with E-state index in [0.29, 0.717) is 24.2 Å². The Morgan fingerprint density at radius 3 is 2.73 bits per heavy atom. The number of nitrogens with zero attached hydrogens (tertiary/aromatic N) is 4. The number of rotatable bonds is 11. The van der Waals surface area contributed by atoms with Gasteiger partial charge in [0.05, 0.1) is 6.54 Å². The first-order valence-electron chi connectivity index (χ1n) is 10.3. The Labute approximate surface area is 182 Å². The Bertz CT molecular complexity index is 811. The van der Waals surface area contributed by atoms with E-state index in [9.17, 15) is 4.39 Å². The highest BCUT2D eigenvalue weighted by molar-refractivity contribution is 7.98. The first kappa shape index (κ1) is 24.0. The van der Waals surface area contributed by atoms with Crippen LogP contribution in [-0.4, -0.2) is 53.2 Å². The highest BCUT2D eigenvalue weighted by Crippen LogP contribution is 2.16. The van der Waals surface area contributed by atoms with Gasteiger partial charge in [0.2, 0.25) is 0 Å². The summed E-state index contributed by atoms with van der Waals surface area (Å²) in [6.45, 7) is 8.57. The molecule has 0 spiro atoms. The number of nitrogens with one attached hydrogen (secondary N) is 2. The van der Waals surface area contributed by atoms with Gasteiger partial charge in [-0.1, -0.05) is 31.7 Å². The Balaban J connectivity index is 1.74. The number of aryl methyl sites for hydroxylation is 1. The molecule has 1 heterocycles. The fourth-order valence-electron chi connectivity index (χ4n) is 2.93. The van der Waals surface area contributed by atoms with Crippen molar-refractivity contribution in [2.24, 2.45) is 10.9 Å². The summed E-state index contributed by atoms with van der Waals surface area (Å²) in [7, 11) is 1.73. The molecule has 0 amide bonds. The summed E-state index contributed by atoms with van der Waals surface area (Å²) in [6, 6.07) is 6.15. The van der Waals surface area contributed by atoms with E-state index >= 15 is 0 Å². The third-order valence-electron chi connectivity index (χ3n) is 4.31. The van der Waals surface area contributed by atoms with Crippen molar-refractivity contribution in [2.45, 2.75) is 51.4 Å². The summed E-state index contributed by atoms with van der Waals surface area (Å²) in [5.41, 5.74) is 0. The van der Waals surface area contributed by atoms with E-state index in [4.69, 9.17) is 4.74 Å². The second-order valence-electron chi connectivity index (χ2n) is 7.48. The number of benzene rings is 1. The van der Waals surface area contributed by atoms with Crippen LogP contribution in [0.1, 0.15) is 33.0 Å². The van der Waals surface area contributed by atoms with Crippen molar-refractivity contribution in [1.29, 1.82) is 0 Å². The van der Waals surface area contributed by atoms with Crippen molar-refractivity contribution >= 4 is 17.7 Å². The Morgan fingerprint density at radius 1 is 1.27 bits per heavy atom. The molecule has 0 aliphatic rings. The largest absolute Gasteiger partial charge is 0.489 e. The molecule has 0 saturated carbocycles. The standard InChI is InChI=1S/C21H33FN6OS/c1-15(2)14-28-19(26-27-21(28)30-5)10-7-11-24-20(23-4)25-13-16(3)29-18-9-6-8-17(22)12-18/h6,8-9,12,15-16H,7,10-11,13-14H2,1-5H3,(H2,23,24,25). The molecule has 0 fully saturated rings. The van der Waals surface area contributed by atoms with Crippen molar-refractivity contribution in [3.8, 4) is 5.75 Å². The molecule has 30 heavy (non-hydrogen) atoms. The monoisotopic (exact) mass is 436 g/mol. The smallest absolute Gasteiger partial charge is 0.191 e. The third-order valence-corrected chi connectivity index (χ3v) is 4.97. The second kappa shape index (κ2) is 12.4. The van der Waals surface area contributed by atoms with Gasteiger partial charge < -0.3 is 19.9 Å². The molecule has 0 bridgehead atoms. The van der Waals surface area contributed by atoms with Gasteiger partial charge in [0.15, 0.2) is 11.1 Å². The van der Waals surface area contributed by atoms with Gasteiger partial charge in [-0.15, -0.1) is 10.2 Å². The summed E-state index contributed by atoms with van der Waals surface area (Å²) < 4.78 is 21.2. The second-order valence-corrected chi connectivity index (χ2v) is 8.25. The first-order chi connectivity index (χ1) is 14.4. The van der Waals surface area contributed by atoms with E-state index in [1.165, 1.54) is 12.1 Å². The van der Waals surface area contributed by atoms with Crippen LogP contribution in [0.5, 0.6) is 5.75 Å². The van der Waals surface area contributed by atoms with Crippen LogP contribution in [0.2, 0.25) is 0 Å². The predicted octanol–water partition coefficient (Wildman–Crippen LogP) is 3.36. The Kier molecular flexibility index (Phi) is 9.93. The lowest BCUT2D eigenvalue weighted by atomic mass is 10.2. The molecule has 7 nitrogen and oxygen atoms in total. The van der Waals surface area contributed by atoms with Crippen molar-refractivity contribution in [2.75, 3.05) is 26.4 Å². The van der Waals surface area contributed by atoms with Gasteiger partial charge >= 0.3 is 0 Å². The maximum absolute atomic E-state index is 13.3. The zero-order valence-corrected chi connectivity index (χ0v) is 19.3. The topological polar surface area (TPSA) is 76.4 Å². The summed E-state index contributed by atoms with van der Waals surface area (Å²) in [5, 5.41) is 16.2. The molecule has 1 aromatic carbocycles. The van der Waals surface area contributed by atoms with Crippen LogP contribution in [-0.2, 0) is 13.0 Å². The Hall–Kier alpha value is -2.29. The zero-order chi connectivity index (χ0) is 21.9. The van der Waals surface area contributed by atoms with Crippen molar-refractivity contribution in [1.82, 2.24) is 25.4 Å². The number of halogens is 1. The lowest BCUT2D eigenvalue weighted by Gasteiger charge is -2.18. The SMILES string of the molecule is CN=C(NCCCc1nnc(SC)n1CC(C)C)NCC(C)Oc1cccc(F)c1. The molecular formula is C21H33FN6OS. The number of thioether (sulfide) groups is 1. The number of guanidine groups is 1. The van der Waals surface area contributed by atoms with Gasteiger partial charge in [0.1, 0.15) is 23.5 Å². The predicted molar refractivity (Wildman–Crippen MR) is 121 cm³/mol. The minimum atomic E-state index is -0.306. The van der Waals surface area contributed by atoms with E-state index in [2.05, 4.69) is 44.2 Å². The van der Waals surface area contributed by atoms with E-state index in [1.807, 2.05) is 13.2 Å². The molecule has 0 radical (unpaired) electrons. The van der Waals surface area contributed by atoms with Gasteiger partial charge in [0.25, 0.3) is 0 Å². The molecule has 2 N–H and O–H groups in total. The number of aromatic nitrogens is 3. The van der Waals surface area contributed by atoms with Crippen molar-refractivity contribution < 1.29 is 9.13 Å². The van der Waals surface area contributed by atoms with Crippen LogP contribution >= 0.6 is 11.8 Å². The minimum Gasteiger partial charge on any atom is -0.489 e. The van der Waals surface area contributed by atoms with Gasteiger partial charge in [-0.3, -0.25) is 4.99 Å². The average molecular weight is 437 g/mol. The van der Waals surface area contributed by atoms with Crippen LogP contribution in [0, 0.1) is 11.7 Å². The normalized spacial score (nSPS) is 12.8. The molecule has 2 aromatic rings. The van der Waals surface area contributed by atoms with Gasteiger partial charge in [-0.2, -0.15) is 0 Å². The minimum absolute atomic E-state index is 0.134. The molecule has 2 rings (SSSR count). The molecule has 1 atom stereocenters.